The van der Waals surface area contributed by atoms with E-state index in [0.717, 1.165) is 42.3 Å². The summed E-state index contributed by atoms with van der Waals surface area (Å²) in [6.45, 7) is 8.31. The normalized spacial score (nSPS) is 10.9. The molecule has 0 bridgehead atoms. The van der Waals surface area contributed by atoms with Gasteiger partial charge in [0.2, 0.25) is 0 Å². The van der Waals surface area contributed by atoms with Gasteiger partial charge in [-0.25, -0.2) is 4.98 Å². The molecular formula is C17H24N2OS. The molecule has 0 fully saturated rings. The summed E-state index contributed by atoms with van der Waals surface area (Å²) in [6.07, 6.45) is 2.18. The molecule has 0 aliphatic rings. The van der Waals surface area contributed by atoms with Gasteiger partial charge in [-0.1, -0.05) is 20.3 Å². The molecule has 1 aromatic carbocycles. The van der Waals surface area contributed by atoms with E-state index in [1.807, 2.05) is 6.07 Å². The highest BCUT2D eigenvalue weighted by molar-refractivity contribution is 7.15. The van der Waals surface area contributed by atoms with Crippen LogP contribution in [-0.2, 0) is 13.0 Å². The molecule has 1 aromatic heterocycles. The number of hydrogen-bond acceptors (Lipinski definition) is 4. The molecule has 1 N–H and O–H groups in total. The number of aromatic nitrogens is 1. The molecule has 0 aliphatic carbocycles. The van der Waals surface area contributed by atoms with Crippen LogP contribution in [0.25, 0.3) is 10.6 Å². The van der Waals surface area contributed by atoms with Gasteiger partial charge in [0.15, 0.2) is 0 Å². The highest BCUT2D eigenvalue weighted by Crippen LogP contribution is 2.31. The zero-order valence-electron chi connectivity index (χ0n) is 13.3. The average Bonchev–Trinajstić information content (AvgIpc) is 2.88. The molecule has 0 saturated heterocycles. The fraction of sp³-hybridized carbons (Fsp3) is 0.471. The van der Waals surface area contributed by atoms with E-state index in [9.17, 15) is 0 Å². The Labute approximate surface area is 131 Å². The van der Waals surface area contributed by atoms with Gasteiger partial charge in [-0.3, -0.25) is 0 Å². The number of benzene rings is 1. The SMILES string of the molecule is CCCc1nc(-c2ccc(OC)c(C)c2)sc1CNCC. The number of rotatable bonds is 7. The van der Waals surface area contributed by atoms with Gasteiger partial charge in [-0.05, 0) is 43.7 Å². The minimum atomic E-state index is 0.915. The summed E-state index contributed by atoms with van der Waals surface area (Å²) in [5.41, 5.74) is 3.57. The second kappa shape index (κ2) is 7.57. The van der Waals surface area contributed by atoms with Crippen molar-refractivity contribution in [1.29, 1.82) is 0 Å². The second-order valence-corrected chi connectivity index (χ2v) is 6.19. The fourth-order valence-electron chi connectivity index (χ4n) is 2.33. The first-order valence-corrected chi connectivity index (χ1v) is 8.35. The Balaban J connectivity index is 2.32. The lowest BCUT2D eigenvalue weighted by molar-refractivity contribution is 0.412. The van der Waals surface area contributed by atoms with E-state index in [1.54, 1.807) is 18.4 Å². The van der Waals surface area contributed by atoms with E-state index in [-0.39, 0.29) is 0 Å². The van der Waals surface area contributed by atoms with E-state index < -0.39 is 0 Å². The third-order valence-electron chi connectivity index (χ3n) is 3.44. The molecule has 0 amide bonds. The van der Waals surface area contributed by atoms with Crippen molar-refractivity contribution in [3.05, 3.63) is 34.3 Å². The predicted octanol–water partition coefficient (Wildman–Crippen LogP) is 4.19. The van der Waals surface area contributed by atoms with Crippen LogP contribution in [0, 0.1) is 6.92 Å². The topological polar surface area (TPSA) is 34.1 Å². The maximum Gasteiger partial charge on any atom is 0.123 e. The number of nitrogens with one attached hydrogen (secondary N) is 1. The number of ether oxygens (including phenoxy) is 1. The molecule has 0 atom stereocenters. The van der Waals surface area contributed by atoms with Crippen LogP contribution in [0.3, 0.4) is 0 Å². The molecule has 2 rings (SSSR count). The first-order chi connectivity index (χ1) is 10.2. The summed E-state index contributed by atoms with van der Waals surface area (Å²) in [5.74, 6) is 0.928. The van der Waals surface area contributed by atoms with Crippen LogP contribution in [0.1, 0.15) is 36.4 Å². The van der Waals surface area contributed by atoms with E-state index in [4.69, 9.17) is 9.72 Å². The van der Waals surface area contributed by atoms with Crippen molar-refractivity contribution in [2.75, 3.05) is 13.7 Å². The fourth-order valence-corrected chi connectivity index (χ4v) is 3.40. The molecule has 0 aliphatic heterocycles. The summed E-state index contributed by atoms with van der Waals surface area (Å²) in [7, 11) is 1.71. The van der Waals surface area contributed by atoms with Crippen LogP contribution in [0.15, 0.2) is 18.2 Å². The summed E-state index contributed by atoms with van der Waals surface area (Å²) >= 11 is 1.80. The lowest BCUT2D eigenvalue weighted by Crippen LogP contribution is -2.11. The van der Waals surface area contributed by atoms with Crippen molar-refractivity contribution in [3.63, 3.8) is 0 Å². The van der Waals surface area contributed by atoms with Gasteiger partial charge in [0.1, 0.15) is 10.8 Å². The maximum atomic E-state index is 5.33. The van der Waals surface area contributed by atoms with E-state index in [2.05, 4.69) is 38.2 Å². The zero-order chi connectivity index (χ0) is 15.2. The standard InChI is InChI=1S/C17H24N2OS/c1-5-7-14-16(11-18-6-2)21-17(19-14)13-8-9-15(20-4)12(3)10-13/h8-10,18H,5-7,11H2,1-4H3. The second-order valence-electron chi connectivity index (χ2n) is 5.10. The molecule has 1 heterocycles. The van der Waals surface area contributed by atoms with Crippen molar-refractivity contribution in [2.24, 2.45) is 0 Å². The van der Waals surface area contributed by atoms with Crippen LogP contribution in [-0.4, -0.2) is 18.6 Å². The lowest BCUT2D eigenvalue weighted by Gasteiger charge is -2.05. The highest BCUT2D eigenvalue weighted by atomic mass is 32.1. The Hall–Kier alpha value is -1.39. The van der Waals surface area contributed by atoms with Crippen molar-refractivity contribution in [1.82, 2.24) is 10.3 Å². The van der Waals surface area contributed by atoms with Crippen molar-refractivity contribution < 1.29 is 4.74 Å². The molecule has 3 nitrogen and oxygen atoms in total. The summed E-state index contributed by atoms with van der Waals surface area (Å²) in [4.78, 5) is 6.22. The smallest absolute Gasteiger partial charge is 0.123 e. The summed E-state index contributed by atoms with van der Waals surface area (Å²) in [5, 5.41) is 4.52. The van der Waals surface area contributed by atoms with Crippen LogP contribution in [0.5, 0.6) is 5.75 Å². The molecule has 0 spiro atoms. The Morgan fingerprint density at radius 3 is 2.71 bits per heavy atom. The van der Waals surface area contributed by atoms with Gasteiger partial charge in [-0.2, -0.15) is 0 Å². The van der Waals surface area contributed by atoms with Gasteiger partial charge in [0.05, 0.1) is 12.8 Å². The maximum absolute atomic E-state index is 5.33. The average molecular weight is 304 g/mol. The molecule has 21 heavy (non-hydrogen) atoms. The van der Waals surface area contributed by atoms with Gasteiger partial charge in [0, 0.05) is 17.0 Å². The number of hydrogen-bond donors (Lipinski definition) is 1. The molecule has 0 unspecified atom stereocenters. The van der Waals surface area contributed by atoms with Crippen molar-refractivity contribution in [2.45, 2.75) is 40.2 Å². The van der Waals surface area contributed by atoms with Crippen molar-refractivity contribution >= 4 is 11.3 Å². The molecule has 4 heteroatoms. The lowest BCUT2D eigenvalue weighted by atomic mass is 10.1. The van der Waals surface area contributed by atoms with Crippen LogP contribution in [0.4, 0.5) is 0 Å². The monoisotopic (exact) mass is 304 g/mol. The molecule has 0 saturated carbocycles. The molecule has 114 valence electrons. The third-order valence-corrected chi connectivity index (χ3v) is 4.59. The number of methoxy groups -OCH3 is 1. The minimum absolute atomic E-state index is 0.915. The van der Waals surface area contributed by atoms with E-state index in [1.165, 1.54) is 16.1 Å². The molecular weight excluding hydrogens is 280 g/mol. The largest absolute Gasteiger partial charge is 0.496 e. The third kappa shape index (κ3) is 3.83. The number of nitrogens with zero attached hydrogens (tertiary/aromatic N) is 1. The van der Waals surface area contributed by atoms with E-state index >= 15 is 0 Å². The quantitative estimate of drug-likeness (QED) is 0.833. The van der Waals surface area contributed by atoms with Gasteiger partial charge >= 0.3 is 0 Å². The van der Waals surface area contributed by atoms with Gasteiger partial charge in [-0.15, -0.1) is 11.3 Å². The van der Waals surface area contributed by atoms with Crippen LogP contribution < -0.4 is 10.1 Å². The van der Waals surface area contributed by atoms with E-state index in [0.29, 0.717) is 0 Å². The molecule has 2 aromatic rings. The van der Waals surface area contributed by atoms with Crippen LogP contribution in [0.2, 0.25) is 0 Å². The van der Waals surface area contributed by atoms with Crippen molar-refractivity contribution in [3.8, 4) is 16.3 Å². The highest BCUT2D eigenvalue weighted by Gasteiger charge is 2.12. The summed E-state index contributed by atoms with van der Waals surface area (Å²) in [6, 6.07) is 6.28. The first kappa shape index (κ1) is 16.0. The Bertz CT molecular complexity index is 592. The Morgan fingerprint density at radius 2 is 2.10 bits per heavy atom. The van der Waals surface area contributed by atoms with Gasteiger partial charge < -0.3 is 10.1 Å². The van der Waals surface area contributed by atoms with Crippen LogP contribution >= 0.6 is 11.3 Å². The zero-order valence-corrected chi connectivity index (χ0v) is 14.1. The number of aryl methyl sites for hydroxylation is 2. The number of thiazole rings is 1. The Morgan fingerprint density at radius 1 is 1.29 bits per heavy atom. The Kier molecular flexibility index (Phi) is 5.76. The minimum Gasteiger partial charge on any atom is -0.496 e. The first-order valence-electron chi connectivity index (χ1n) is 7.53. The summed E-state index contributed by atoms with van der Waals surface area (Å²) < 4.78 is 5.33. The van der Waals surface area contributed by atoms with Gasteiger partial charge in [0.25, 0.3) is 0 Å². The predicted molar refractivity (Wildman–Crippen MR) is 90.2 cm³/mol. The molecule has 0 radical (unpaired) electrons.